The van der Waals surface area contributed by atoms with Crippen molar-refractivity contribution >= 4 is 29.1 Å². The number of cyclic esters (lactones) is 1. The lowest BCUT2D eigenvalue weighted by Crippen LogP contribution is -2.43. The van der Waals surface area contributed by atoms with Crippen molar-refractivity contribution in [3.8, 4) is 0 Å². The zero-order chi connectivity index (χ0) is 21.0. The normalized spacial score (nSPS) is 26.5. The van der Waals surface area contributed by atoms with Crippen molar-refractivity contribution in [2.45, 2.75) is 58.7 Å². The first-order chi connectivity index (χ1) is 13.8. The summed E-state index contributed by atoms with van der Waals surface area (Å²) in [5.74, 6) is -0.963. The van der Waals surface area contributed by atoms with Crippen LogP contribution in [-0.2, 0) is 19.1 Å². The van der Waals surface area contributed by atoms with Gasteiger partial charge in [-0.3, -0.25) is 9.59 Å². The van der Waals surface area contributed by atoms with Gasteiger partial charge in [0.1, 0.15) is 17.1 Å². The number of ether oxygens (including phenoxy) is 2. The monoisotopic (exact) mass is 414 g/mol. The highest BCUT2D eigenvalue weighted by molar-refractivity contribution is 7.11. The Bertz CT molecular complexity index is 873. The molecule has 5 nitrogen and oxygen atoms in total. The molecule has 154 valence electrons. The van der Waals surface area contributed by atoms with Gasteiger partial charge in [0.05, 0.1) is 11.8 Å². The van der Waals surface area contributed by atoms with Gasteiger partial charge in [-0.15, -0.1) is 11.3 Å². The van der Waals surface area contributed by atoms with Gasteiger partial charge in [0, 0.05) is 6.42 Å². The summed E-state index contributed by atoms with van der Waals surface area (Å²) < 4.78 is 11.1. The predicted molar refractivity (Wildman–Crippen MR) is 112 cm³/mol. The van der Waals surface area contributed by atoms with E-state index in [1.165, 1.54) is 23.0 Å². The Morgan fingerprint density at radius 1 is 1.34 bits per heavy atom. The molecular formula is C23H26O5S. The van der Waals surface area contributed by atoms with Crippen LogP contribution in [0.1, 0.15) is 56.1 Å². The van der Waals surface area contributed by atoms with E-state index in [1.54, 1.807) is 23.6 Å². The highest BCUT2D eigenvalue weighted by Crippen LogP contribution is 2.45. The molecule has 0 radical (unpaired) electrons. The summed E-state index contributed by atoms with van der Waals surface area (Å²) in [6, 6.07) is 3.48. The lowest BCUT2D eigenvalue weighted by Gasteiger charge is -2.34. The molecule has 0 saturated carbocycles. The second-order valence-corrected chi connectivity index (χ2v) is 8.87. The topological polar surface area (TPSA) is 69.7 Å². The molecule has 0 aromatic carbocycles. The molecule has 1 fully saturated rings. The maximum Gasteiger partial charge on any atom is 0.348 e. The fourth-order valence-corrected chi connectivity index (χ4v) is 4.36. The van der Waals surface area contributed by atoms with E-state index in [0.29, 0.717) is 4.88 Å². The van der Waals surface area contributed by atoms with Crippen LogP contribution < -0.4 is 0 Å². The van der Waals surface area contributed by atoms with Crippen LogP contribution in [0.2, 0.25) is 0 Å². The molecule has 1 spiro atoms. The molecule has 6 heteroatoms. The maximum absolute atomic E-state index is 12.8. The highest BCUT2D eigenvalue weighted by Gasteiger charge is 2.55. The Morgan fingerprint density at radius 3 is 2.83 bits per heavy atom. The highest BCUT2D eigenvalue weighted by atomic mass is 32.1. The van der Waals surface area contributed by atoms with Gasteiger partial charge >= 0.3 is 11.9 Å². The van der Waals surface area contributed by atoms with E-state index in [9.17, 15) is 14.4 Å². The van der Waals surface area contributed by atoms with Crippen LogP contribution in [0.15, 0.2) is 53.0 Å². The summed E-state index contributed by atoms with van der Waals surface area (Å²) in [6.45, 7) is 6.09. The second kappa shape index (κ2) is 8.91. The third kappa shape index (κ3) is 4.93. The van der Waals surface area contributed by atoms with E-state index in [2.05, 4.69) is 19.9 Å². The molecule has 1 saturated heterocycles. The molecule has 1 unspecified atom stereocenters. The van der Waals surface area contributed by atoms with Crippen molar-refractivity contribution in [3.63, 3.8) is 0 Å². The van der Waals surface area contributed by atoms with Crippen LogP contribution in [0.25, 0.3) is 0 Å². The van der Waals surface area contributed by atoms with Gasteiger partial charge in [-0.2, -0.15) is 0 Å². The van der Waals surface area contributed by atoms with E-state index in [0.717, 1.165) is 18.4 Å². The molecule has 1 aliphatic carbocycles. The quantitative estimate of drug-likeness (QED) is 0.494. The van der Waals surface area contributed by atoms with Crippen molar-refractivity contribution < 1.29 is 23.9 Å². The number of carbonyl (C=O) groups excluding carboxylic acids is 3. The van der Waals surface area contributed by atoms with Crippen LogP contribution in [0.3, 0.4) is 0 Å². The minimum Gasteiger partial charge on any atom is -0.457 e. The molecule has 0 amide bonds. The predicted octanol–water partition coefficient (Wildman–Crippen LogP) is 4.80. The van der Waals surface area contributed by atoms with Crippen molar-refractivity contribution in [3.05, 3.63) is 57.8 Å². The number of hydrogen-bond donors (Lipinski definition) is 0. The van der Waals surface area contributed by atoms with Crippen molar-refractivity contribution in [2.75, 3.05) is 0 Å². The molecule has 1 aromatic rings. The van der Waals surface area contributed by atoms with Crippen LogP contribution in [0.5, 0.6) is 0 Å². The third-order valence-electron chi connectivity index (χ3n) is 5.29. The first-order valence-corrected chi connectivity index (χ1v) is 10.7. The number of thiophene rings is 1. The molecule has 0 bridgehead atoms. The van der Waals surface area contributed by atoms with E-state index < -0.39 is 29.6 Å². The molecular weight excluding hydrogens is 388 g/mol. The van der Waals surface area contributed by atoms with Gasteiger partial charge in [-0.1, -0.05) is 23.3 Å². The number of carbonyl (C=O) groups is 3. The summed E-state index contributed by atoms with van der Waals surface area (Å²) in [4.78, 5) is 37.8. The zero-order valence-corrected chi connectivity index (χ0v) is 17.8. The summed E-state index contributed by atoms with van der Waals surface area (Å²) >= 11 is 1.30. The van der Waals surface area contributed by atoms with Gasteiger partial charge in [-0.05, 0) is 63.3 Å². The Kier molecular flexibility index (Phi) is 6.52. The lowest BCUT2D eigenvalue weighted by atomic mass is 9.69. The van der Waals surface area contributed by atoms with Crippen molar-refractivity contribution in [1.82, 2.24) is 0 Å². The molecule has 1 aromatic heterocycles. The average molecular weight is 415 g/mol. The summed E-state index contributed by atoms with van der Waals surface area (Å²) in [7, 11) is 0. The van der Waals surface area contributed by atoms with Gasteiger partial charge < -0.3 is 9.47 Å². The fourth-order valence-electron chi connectivity index (χ4n) is 3.75. The second-order valence-electron chi connectivity index (χ2n) is 7.93. The molecule has 2 heterocycles. The summed E-state index contributed by atoms with van der Waals surface area (Å²) in [5.41, 5.74) is 1.31. The molecule has 2 aliphatic rings. The number of rotatable bonds is 6. The number of ketones is 1. The molecule has 29 heavy (non-hydrogen) atoms. The summed E-state index contributed by atoms with van der Waals surface area (Å²) in [5, 5.41) is 1.81. The van der Waals surface area contributed by atoms with Crippen molar-refractivity contribution in [2.24, 2.45) is 5.41 Å². The Labute approximate surface area is 175 Å². The Hall–Kier alpha value is -2.47. The summed E-state index contributed by atoms with van der Waals surface area (Å²) in [6.07, 6.45) is 7.84. The van der Waals surface area contributed by atoms with Crippen LogP contribution in [0.4, 0.5) is 0 Å². The van der Waals surface area contributed by atoms with Gasteiger partial charge in [-0.25, -0.2) is 4.79 Å². The van der Waals surface area contributed by atoms with E-state index in [-0.39, 0.29) is 18.6 Å². The van der Waals surface area contributed by atoms with Crippen LogP contribution in [0, 0.1) is 5.41 Å². The number of esters is 2. The standard InChI is InChI=1S/C23H26O5S/c1-15(2)6-4-7-16(3)12-20-23(14-21(25)28-20)13-17(9-10-19(23)24)27-22(26)18-8-5-11-29-18/h5-6,8-12,17,20H,4,7,13-14H2,1-3H3/t17-,20-,23?/m1/s1. The Balaban J connectivity index is 1.76. The van der Waals surface area contributed by atoms with E-state index >= 15 is 0 Å². The average Bonchev–Trinajstić information content (AvgIpc) is 3.27. The molecule has 1 aliphatic heterocycles. The molecule has 0 N–H and O–H groups in total. The first kappa shape index (κ1) is 21.2. The van der Waals surface area contributed by atoms with Crippen LogP contribution >= 0.6 is 11.3 Å². The largest absolute Gasteiger partial charge is 0.457 e. The number of allylic oxidation sites excluding steroid dienone is 4. The SMILES string of the molecule is CC(C)=CCCC(C)=C[C@H]1OC(=O)CC12C[C@H](OC(=O)c1cccs1)C=CC2=O. The van der Waals surface area contributed by atoms with E-state index in [1.807, 2.05) is 13.0 Å². The minimum absolute atomic E-state index is 0.00560. The number of hydrogen-bond acceptors (Lipinski definition) is 6. The van der Waals surface area contributed by atoms with E-state index in [4.69, 9.17) is 9.47 Å². The molecule has 3 rings (SSSR count). The van der Waals surface area contributed by atoms with Gasteiger partial charge in [0.2, 0.25) is 0 Å². The van der Waals surface area contributed by atoms with Crippen molar-refractivity contribution in [1.29, 1.82) is 0 Å². The first-order valence-electron chi connectivity index (χ1n) is 9.77. The molecule has 3 atom stereocenters. The van der Waals surface area contributed by atoms with Gasteiger partial charge in [0.15, 0.2) is 5.78 Å². The minimum atomic E-state index is -1.01. The Morgan fingerprint density at radius 2 is 2.14 bits per heavy atom. The van der Waals surface area contributed by atoms with Gasteiger partial charge in [0.25, 0.3) is 0 Å². The smallest absolute Gasteiger partial charge is 0.348 e. The zero-order valence-electron chi connectivity index (χ0n) is 17.0. The third-order valence-corrected chi connectivity index (χ3v) is 6.14. The maximum atomic E-state index is 12.8. The van der Waals surface area contributed by atoms with Crippen LogP contribution in [-0.4, -0.2) is 29.9 Å². The fraction of sp³-hybridized carbons (Fsp3) is 0.435. The lowest BCUT2D eigenvalue weighted by molar-refractivity contribution is -0.140.